The highest BCUT2D eigenvalue weighted by molar-refractivity contribution is 6.71. The van der Waals surface area contributed by atoms with Gasteiger partial charge in [-0.25, -0.2) is 0 Å². The van der Waals surface area contributed by atoms with Crippen molar-refractivity contribution in [2.45, 2.75) is 26.1 Å². The van der Waals surface area contributed by atoms with E-state index >= 15 is 0 Å². The van der Waals surface area contributed by atoms with Gasteiger partial charge in [-0.3, -0.25) is 4.79 Å². The second-order valence-electron chi connectivity index (χ2n) is 4.03. The van der Waals surface area contributed by atoms with Gasteiger partial charge in [0.05, 0.1) is 12.6 Å². The normalized spacial score (nSPS) is 27.4. The van der Waals surface area contributed by atoms with Crippen LogP contribution >= 0.6 is 11.6 Å². The number of alkyl halides is 1. The standard InChI is InChI=1S/C8H16ClNO2Si/c1-7(11)10-6-13(2,3)12-5-8(10)4-9/h8H,4-6H2,1-3H3. The van der Waals surface area contributed by atoms with E-state index in [1.807, 2.05) is 4.90 Å². The zero-order valence-electron chi connectivity index (χ0n) is 8.34. The molecule has 0 aromatic rings. The van der Waals surface area contributed by atoms with Gasteiger partial charge in [-0.15, -0.1) is 11.6 Å². The summed E-state index contributed by atoms with van der Waals surface area (Å²) in [6.45, 7) is 6.43. The van der Waals surface area contributed by atoms with E-state index in [-0.39, 0.29) is 11.9 Å². The zero-order valence-corrected chi connectivity index (χ0v) is 10.1. The topological polar surface area (TPSA) is 29.5 Å². The van der Waals surface area contributed by atoms with Crippen molar-refractivity contribution in [3.8, 4) is 0 Å². The van der Waals surface area contributed by atoms with Gasteiger partial charge < -0.3 is 9.33 Å². The van der Waals surface area contributed by atoms with E-state index in [0.29, 0.717) is 12.5 Å². The van der Waals surface area contributed by atoms with Gasteiger partial charge in [0.25, 0.3) is 0 Å². The van der Waals surface area contributed by atoms with Crippen molar-refractivity contribution in [3.05, 3.63) is 0 Å². The quantitative estimate of drug-likeness (QED) is 0.492. The number of hydrogen-bond donors (Lipinski definition) is 0. The van der Waals surface area contributed by atoms with Gasteiger partial charge in [0, 0.05) is 19.0 Å². The lowest BCUT2D eigenvalue weighted by Crippen LogP contribution is -2.59. The Morgan fingerprint density at radius 3 is 2.77 bits per heavy atom. The summed E-state index contributed by atoms with van der Waals surface area (Å²) in [5, 5.41) is 0. The number of rotatable bonds is 1. The fraction of sp³-hybridized carbons (Fsp3) is 0.875. The molecule has 1 aliphatic rings. The Hall–Kier alpha value is -0.0631. The fourth-order valence-corrected chi connectivity index (χ4v) is 3.78. The molecule has 1 aliphatic heterocycles. The highest BCUT2D eigenvalue weighted by Crippen LogP contribution is 2.18. The molecule has 1 unspecified atom stereocenters. The maximum absolute atomic E-state index is 11.3. The van der Waals surface area contributed by atoms with Crippen molar-refractivity contribution >= 4 is 25.8 Å². The van der Waals surface area contributed by atoms with Crippen LogP contribution in [0.3, 0.4) is 0 Å². The summed E-state index contributed by atoms with van der Waals surface area (Å²) in [6, 6.07) is 0.0692. The Bertz CT molecular complexity index is 210. The highest BCUT2D eigenvalue weighted by Gasteiger charge is 2.36. The molecule has 1 rings (SSSR count). The smallest absolute Gasteiger partial charge is 0.219 e. The minimum Gasteiger partial charge on any atom is -0.413 e. The molecular weight excluding hydrogens is 206 g/mol. The predicted octanol–water partition coefficient (Wildman–Crippen LogP) is 1.22. The lowest BCUT2D eigenvalue weighted by molar-refractivity contribution is -0.131. The van der Waals surface area contributed by atoms with Crippen LogP contribution in [0.25, 0.3) is 0 Å². The largest absolute Gasteiger partial charge is 0.413 e. The van der Waals surface area contributed by atoms with Crippen LogP contribution in [0.1, 0.15) is 6.92 Å². The van der Waals surface area contributed by atoms with Crippen LogP contribution in [0.2, 0.25) is 13.1 Å². The monoisotopic (exact) mass is 221 g/mol. The summed E-state index contributed by atoms with van der Waals surface area (Å²) in [7, 11) is -1.63. The summed E-state index contributed by atoms with van der Waals surface area (Å²) >= 11 is 5.75. The van der Waals surface area contributed by atoms with Crippen molar-refractivity contribution in [3.63, 3.8) is 0 Å². The van der Waals surface area contributed by atoms with Gasteiger partial charge >= 0.3 is 0 Å². The van der Waals surface area contributed by atoms with Crippen LogP contribution < -0.4 is 0 Å². The summed E-state index contributed by atoms with van der Waals surface area (Å²) in [6.07, 6.45) is 0.764. The number of carbonyl (C=O) groups excluding carboxylic acids is 1. The van der Waals surface area contributed by atoms with Crippen molar-refractivity contribution in [2.24, 2.45) is 0 Å². The van der Waals surface area contributed by atoms with Crippen molar-refractivity contribution in [1.29, 1.82) is 0 Å². The fourth-order valence-electron chi connectivity index (χ4n) is 1.49. The molecule has 0 saturated carbocycles. The molecule has 0 aromatic carbocycles. The molecule has 13 heavy (non-hydrogen) atoms. The second-order valence-corrected chi connectivity index (χ2v) is 8.46. The molecule has 1 amide bonds. The first kappa shape index (κ1) is 11.0. The third-order valence-corrected chi connectivity index (χ3v) is 4.65. The Kier molecular flexibility index (Phi) is 3.37. The summed E-state index contributed by atoms with van der Waals surface area (Å²) in [5.41, 5.74) is 0. The number of carbonyl (C=O) groups is 1. The molecule has 3 nitrogen and oxygen atoms in total. The molecule has 0 N–H and O–H groups in total. The minimum atomic E-state index is -1.63. The molecule has 0 aromatic heterocycles. The number of amides is 1. The van der Waals surface area contributed by atoms with E-state index in [1.54, 1.807) is 6.92 Å². The summed E-state index contributed by atoms with van der Waals surface area (Å²) in [5.74, 6) is 0.568. The van der Waals surface area contributed by atoms with E-state index in [9.17, 15) is 4.79 Å². The van der Waals surface area contributed by atoms with Crippen LogP contribution in [-0.4, -0.2) is 43.8 Å². The van der Waals surface area contributed by atoms with Crippen LogP contribution in [0.15, 0.2) is 0 Å². The van der Waals surface area contributed by atoms with Gasteiger partial charge in [-0.2, -0.15) is 0 Å². The van der Waals surface area contributed by atoms with Crippen molar-refractivity contribution < 1.29 is 9.22 Å². The lowest BCUT2D eigenvalue weighted by atomic mass is 10.3. The molecule has 1 heterocycles. The molecular formula is C8H16ClNO2Si. The van der Waals surface area contributed by atoms with Gasteiger partial charge in [-0.1, -0.05) is 0 Å². The molecule has 76 valence electrons. The Morgan fingerprint density at radius 2 is 2.31 bits per heavy atom. The lowest BCUT2D eigenvalue weighted by Gasteiger charge is -2.41. The van der Waals surface area contributed by atoms with E-state index < -0.39 is 8.32 Å². The third-order valence-electron chi connectivity index (χ3n) is 2.24. The molecule has 0 aliphatic carbocycles. The number of halogens is 1. The van der Waals surface area contributed by atoms with E-state index in [2.05, 4.69) is 13.1 Å². The van der Waals surface area contributed by atoms with Crippen molar-refractivity contribution in [1.82, 2.24) is 4.90 Å². The molecule has 1 saturated heterocycles. The maximum Gasteiger partial charge on any atom is 0.219 e. The second kappa shape index (κ2) is 3.98. The minimum absolute atomic E-state index is 0.0692. The van der Waals surface area contributed by atoms with Gasteiger partial charge in [0.2, 0.25) is 14.2 Å². The Morgan fingerprint density at radius 1 is 1.69 bits per heavy atom. The van der Waals surface area contributed by atoms with E-state index in [1.165, 1.54) is 0 Å². The Balaban J connectivity index is 2.69. The maximum atomic E-state index is 11.3. The summed E-state index contributed by atoms with van der Waals surface area (Å²) < 4.78 is 5.71. The molecule has 1 fully saturated rings. The first-order chi connectivity index (χ1) is 5.96. The number of nitrogens with zero attached hydrogens (tertiary/aromatic N) is 1. The molecule has 0 bridgehead atoms. The first-order valence-corrected chi connectivity index (χ1v) is 8.08. The molecule has 0 radical (unpaired) electrons. The number of hydrogen-bond acceptors (Lipinski definition) is 2. The van der Waals surface area contributed by atoms with Gasteiger partial charge in [0.15, 0.2) is 0 Å². The van der Waals surface area contributed by atoms with Crippen LogP contribution in [-0.2, 0) is 9.22 Å². The molecule has 5 heteroatoms. The zero-order chi connectivity index (χ0) is 10.1. The van der Waals surface area contributed by atoms with Gasteiger partial charge in [0.1, 0.15) is 0 Å². The average Bonchev–Trinajstić information content (AvgIpc) is 2.03. The van der Waals surface area contributed by atoms with Gasteiger partial charge in [-0.05, 0) is 13.1 Å². The first-order valence-electron chi connectivity index (χ1n) is 4.43. The summed E-state index contributed by atoms with van der Waals surface area (Å²) in [4.78, 5) is 13.1. The third kappa shape index (κ3) is 2.69. The van der Waals surface area contributed by atoms with Crippen LogP contribution in [0.5, 0.6) is 0 Å². The van der Waals surface area contributed by atoms with E-state index in [0.717, 1.165) is 6.17 Å². The van der Waals surface area contributed by atoms with Crippen molar-refractivity contribution in [2.75, 3.05) is 18.7 Å². The van der Waals surface area contributed by atoms with Crippen LogP contribution in [0.4, 0.5) is 0 Å². The Labute approximate surface area is 85.1 Å². The predicted molar refractivity (Wildman–Crippen MR) is 55.3 cm³/mol. The van der Waals surface area contributed by atoms with Crippen LogP contribution in [0, 0.1) is 0 Å². The highest BCUT2D eigenvalue weighted by atomic mass is 35.5. The molecule has 0 spiro atoms. The average molecular weight is 222 g/mol. The molecule has 1 atom stereocenters. The SMILES string of the molecule is CC(=O)N1C[Si](C)(C)OCC1CCl. The van der Waals surface area contributed by atoms with E-state index in [4.69, 9.17) is 16.0 Å².